The second-order valence-electron chi connectivity index (χ2n) is 6.43. The van der Waals surface area contributed by atoms with Crippen molar-refractivity contribution in [1.82, 2.24) is 5.43 Å². The zero-order valence-electron chi connectivity index (χ0n) is 11.9. The number of Topliss-reactive ketones (excluding diaryl/α,β-unsaturated/α-hetero) is 1. The summed E-state index contributed by atoms with van der Waals surface area (Å²) in [6.45, 7) is 4.33. The summed E-state index contributed by atoms with van der Waals surface area (Å²) in [4.78, 5) is 13.6. The number of benzene rings is 1. The summed E-state index contributed by atoms with van der Waals surface area (Å²) < 4.78 is 0. The van der Waals surface area contributed by atoms with Gasteiger partial charge in [0.05, 0.1) is 17.7 Å². The van der Waals surface area contributed by atoms with E-state index in [1.165, 1.54) is 4.90 Å². The van der Waals surface area contributed by atoms with Crippen LogP contribution in [0.1, 0.15) is 26.7 Å². The van der Waals surface area contributed by atoms with Crippen LogP contribution in [0.2, 0.25) is 0 Å². The highest BCUT2D eigenvalue weighted by Gasteiger charge is 2.45. The largest absolute Gasteiger partial charge is 0.306 e. The third kappa shape index (κ3) is 2.75. The van der Waals surface area contributed by atoms with Crippen molar-refractivity contribution in [2.75, 3.05) is 5.75 Å². The Balaban J connectivity index is 1.66. The predicted molar refractivity (Wildman–Crippen MR) is 83.0 cm³/mol. The molecule has 0 unspecified atom stereocenters. The zero-order valence-corrected chi connectivity index (χ0v) is 12.7. The molecule has 1 fully saturated rings. The zero-order chi connectivity index (χ0) is 14.2. The SMILES string of the molecule is CC1(C)CC(=O)[C@@H]2C(CSc3ccccc3)=NN[C@H]2C1. The highest BCUT2D eigenvalue weighted by molar-refractivity contribution is 8.00. The van der Waals surface area contributed by atoms with Crippen LogP contribution in [0.4, 0.5) is 0 Å². The van der Waals surface area contributed by atoms with E-state index in [1.807, 2.05) is 18.2 Å². The molecule has 20 heavy (non-hydrogen) atoms. The second kappa shape index (κ2) is 5.24. The number of hydrazone groups is 1. The van der Waals surface area contributed by atoms with Crippen molar-refractivity contribution in [3.8, 4) is 0 Å². The van der Waals surface area contributed by atoms with Crippen LogP contribution in [0.5, 0.6) is 0 Å². The molecule has 1 aliphatic carbocycles. The monoisotopic (exact) mass is 288 g/mol. The molecule has 2 aliphatic rings. The Morgan fingerprint density at radius 1 is 1.35 bits per heavy atom. The average molecular weight is 288 g/mol. The van der Waals surface area contributed by atoms with E-state index in [2.05, 4.69) is 36.5 Å². The summed E-state index contributed by atoms with van der Waals surface area (Å²) in [5.74, 6) is 1.15. The highest BCUT2D eigenvalue weighted by Crippen LogP contribution is 2.39. The molecule has 0 amide bonds. The van der Waals surface area contributed by atoms with Crippen molar-refractivity contribution in [3.05, 3.63) is 30.3 Å². The Morgan fingerprint density at radius 3 is 2.85 bits per heavy atom. The molecular weight excluding hydrogens is 268 g/mol. The van der Waals surface area contributed by atoms with Crippen LogP contribution in [0, 0.1) is 11.3 Å². The van der Waals surface area contributed by atoms with Gasteiger partial charge in [0.1, 0.15) is 5.78 Å². The number of hydrogen-bond acceptors (Lipinski definition) is 4. The van der Waals surface area contributed by atoms with Gasteiger partial charge in [-0.05, 0) is 24.0 Å². The molecule has 1 aromatic rings. The van der Waals surface area contributed by atoms with E-state index < -0.39 is 0 Å². The lowest BCUT2D eigenvalue weighted by Gasteiger charge is -2.36. The summed E-state index contributed by atoms with van der Waals surface area (Å²) in [6.07, 6.45) is 1.69. The molecule has 0 aromatic heterocycles. The van der Waals surface area contributed by atoms with E-state index in [-0.39, 0.29) is 17.4 Å². The standard InChI is InChI=1S/C16H20N2OS/c1-16(2)8-12-15(14(19)9-16)13(18-17-12)10-20-11-6-4-3-5-7-11/h3-7,12,15,17H,8-10H2,1-2H3/t12-,15-/m0/s1. The molecule has 1 heterocycles. The average Bonchev–Trinajstić information content (AvgIpc) is 2.79. The summed E-state index contributed by atoms with van der Waals surface area (Å²) in [5.41, 5.74) is 4.30. The van der Waals surface area contributed by atoms with Crippen molar-refractivity contribution in [3.63, 3.8) is 0 Å². The quantitative estimate of drug-likeness (QED) is 0.869. The van der Waals surface area contributed by atoms with E-state index >= 15 is 0 Å². The molecule has 0 saturated heterocycles. The Morgan fingerprint density at radius 2 is 2.10 bits per heavy atom. The van der Waals surface area contributed by atoms with E-state index in [0.29, 0.717) is 12.2 Å². The van der Waals surface area contributed by atoms with Crippen LogP contribution >= 0.6 is 11.8 Å². The molecular formula is C16H20N2OS. The van der Waals surface area contributed by atoms with Crippen LogP contribution in [-0.4, -0.2) is 23.3 Å². The Hall–Kier alpha value is -1.29. The maximum atomic E-state index is 12.4. The summed E-state index contributed by atoms with van der Waals surface area (Å²) in [7, 11) is 0. The fourth-order valence-electron chi connectivity index (χ4n) is 3.16. The molecule has 1 N–H and O–H groups in total. The summed E-state index contributed by atoms with van der Waals surface area (Å²) >= 11 is 1.75. The molecule has 3 rings (SSSR count). The number of fused-ring (bicyclic) bond motifs is 1. The maximum absolute atomic E-state index is 12.4. The second-order valence-corrected chi connectivity index (χ2v) is 7.48. The van der Waals surface area contributed by atoms with Gasteiger partial charge in [-0.25, -0.2) is 0 Å². The van der Waals surface area contributed by atoms with E-state index in [1.54, 1.807) is 11.8 Å². The molecule has 1 saturated carbocycles. The Kier molecular flexibility index (Phi) is 3.59. The lowest BCUT2D eigenvalue weighted by Crippen LogP contribution is -2.45. The van der Waals surface area contributed by atoms with Gasteiger partial charge in [0, 0.05) is 17.1 Å². The maximum Gasteiger partial charge on any atom is 0.144 e. The molecule has 1 aliphatic heterocycles. The van der Waals surface area contributed by atoms with Gasteiger partial charge in [-0.2, -0.15) is 5.10 Å². The Bertz CT molecular complexity index is 539. The Labute approximate surface area is 124 Å². The summed E-state index contributed by atoms with van der Waals surface area (Å²) in [6, 6.07) is 10.5. The smallest absolute Gasteiger partial charge is 0.144 e. The predicted octanol–water partition coefficient (Wildman–Crippen LogP) is 3.11. The molecule has 0 radical (unpaired) electrons. The molecule has 4 heteroatoms. The van der Waals surface area contributed by atoms with Crippen molar-refractivity contribution in [2.45, 2.75) is 37.6 Å². The third-order valence-electron chi connectivity index (χ3n) is 4.04. The van der Waals surface area contributed by atoms with E-state index in [9.17, 15) is 4.79 Å². The van der Waals surface area contributed by atoms with Gasteiger partial charge in [0.15, 0.2) is 0 Å². The summed E-state index contributed by atoms with van der Waals surface area (Å²) in [5, 5.41) is 4.44. The number of nitrogens with one attached hydrogen (secondary N) is 1. The third-order valence-corrected chi connectivity index (χ3v) is 5.08. The van der Waals surface area contributed by atoms with Gasteiger partial charge >= 0.3 is 0 Å². The lowest BCUT2D eigenvalue weighted by molar-refractivity contribution is -0.126. The molecule has 2 atom stereocenters. The van der Waals surface area contributed by atoms with Crippen molar-refractivity contribution in [2.24, 2.45) is 16.4 Å². The van der Waals surface area contributed by atoms with Crippen LogP contribution in [0.15, 0.2) is 40.3 Å². The van der Waals surface area contributed by atoms with Gasteiger partial charge in [0.25, 0.3) is 0 Å². The van der Waals surface area contributed by atoms with Gasteiger partial charge in [0.2, 0.25) is 0 Å². The minimum absolute atomic E-state index is 0.000706. The van der Waals surface area contributed by atoms with Gasteiger partial charge in [-0.15, -0.1) is 11.8 Å². The van der Waals surface area contributed by atoms with Crippen LogP contribution in [-0.2, 0) is 4.79 Å². The normalized spacial score (nSPS) is 27.7. The molecule has 106 valence electrons. The van der Waals surface area contributed by atoms with Crippen molar-refractivity contribution in [1.29, 1.82) is 0 Å². The number of nitrogens with zero attached hydrogens (tertiary/aromatic N) is 1. The highest BCUT2D eigenvalue weighted by atomic mass is 32.2. The van der Waals surface area contributed by atoms with Crippen LogP contribution in [0.25, 0.3) is 0 Å². The number of ketones is 1. The van der Waals surface area contributed by atoms with Crippen LogP contribution in [0.3, 0.4) is 0 Å². The first-order valence-electron chi connectivity index (χ1n) is 7.08. The van der Waals surface area contributed by atoms with Crippen molar-refractivity contribution >= 4 is 23.3 Å². The van der Waals surface area contributed by atoms with Gasteiger partial charge in [-0.3, -0.25) is 4.79 Å². The fraction of sp³-hybridized carbons (Fsp3) is 0.500. The fourth-order valence-corrected chi connectivity index (χ4v) is 4.07. The molecule has 3 nitrogen and oxygen atoms in total. The van der Waals surface area contributed by atoms with Gasteiger partial charge < -0.3 is 5.43 Å². The first-order chi connectivity index (χ1) is 9.55. The first kappa shape index (κ1) is 13.7. The van der Waals surface area contributed by atoms with Gasteiger partial charge in [-0.1, -0.05) is 32.0 Å². The molecule has 1 aromatic carbocycles. The first-order valence-corrected chi connectivity index (χ1v) is 8.06. The topological polar surface area (TPSA) is 41.5 Å². The number of thioether (sulfide) groups is 1. The molecule has 0 bridgehead atoms. The van der Waals surface area contributed by atoms with E-state index in [4.69, 9.17) is 0 Å². The lowest BCUT2D eigenvalue weighted by atomic mass is 9.69. The minimum Gasteiger partial charge on any atom is -0.306 e. The number of rotatable bonds is 3. The number of carbonyl (C=O) groups is 1. The minimum atomic E-state index is -0.000706. The van der Waals surface area contributed by atoms with Crippen LogP contribution < -0.4 is 5.43 Å². The molecule has 0 spiro atoms. The number of carbonyl (C=O) groups excluding carboxylic acids is 1. The van der Waals surface area contributed by atoms with E-state index in [0.717, 1.165) is 17.9 Å². The number of hydrogen-bond donors (Lipinski definition) is 1. The van der Waals surface area contributed by atoms with Crippen molar-refractivity contribution < 1.29 is 4.79 Å².